The van der Waals surface area contributed by atoms with Gasteiger partial charge in [-0.05, 0) is 51.4 Å². The van der Waals surface area contributed by atoms with Crippen molar-refractivity contribution in [3.63, 3.8) is 0 Å². The first-order chi connectivity index (χ1) is 9.52. The molecule has 1 aliphatic carbocycles. The normalized spacial score (nSPS) is 26.4. The fourth-order valence-corrected chi connectivity index (χ4v) is 3.26. The SMILES string of the molecule is CCC(CNC(=O)OC(C)(C)C)NC1CC(C)(C)CC1C. The minimum absolute atomic E-state index is 0.305. The Labute approximate surface area is 130 Å². The van der Waals surface area contributed by atoms with Gasteiger partial charge < -0.3 is 15.4 Å². The zero-order valence-electron chi connectivity index (χ0n) is 14.9. The summed E-state index contributed by atoms with van der Waals surface area (Å²) >= 11 is 0. The third-order valence-electron chi connectivity index (χ3n) is 4.17. The summed E-state index contributed by atoms with van der Waals surface area (Å²) in [4.78, 5) is 11.7. The lowest BCUT2D eigenvalue weighted by molar-refractivity contribution is 0.0521. The Morgan fingerprint density at radius 1 is 1.33 bits per heavy atom. The first kappa shape index (κ1) is 18.3. The van der Waals surface area contributed by atoms with Crippen molar-refractivity contribution in [1.29, 1.82) is 0 Å². The summed E-state index contributed by atoms with van der Waals surface area (Å²) in [6.45, 7) is 15.4. The molecule has 4 nitrogen and oxygen atoms in total. The Morgan fingerprint density at radius 2 is 1.95 bits per heavy atom. The third kappa shape index (κ3) is 6.68. The minimum atomic E-state index is -0.441. The zero-order chi connectivity index (χ0) is 16.3. The second kappa shape index (κ2) is 6.99. The second-order valence-corrected chi connectivity index (χ2v) is 8.31. The second-order valence-electron chi connectivity index (χ2n) is 8.31. The van der Waals surface area contributed by atoms with E-state index in [-0.39, 0.29) is 6.09 Å². The summed E-state index contributed by atoms with van der Waals surface area (Å²) in [6.07, 6.45) is 3.14. The maximum Gasteiger partial charge on any atom is 0.407 e. The van der Waals surface area contributed by atoms with Gasteiger partial charge in [-0.15, -0.1) is 0 Å². The number of hydrogen-bond donors (Lipinski definition) is 2. The van der Waals surface area contributed by atoms with Crippen LogP contribution in [-0.2, 0) is 4.74 Å². The van der Waals surface area contributed by atoms with E-state index in [2.05, 4.69) is 38.3 Å². The van der Waals surface area contributed by atoms with Gasteiger partial charge in [0.25, 0.3) is 0 Å². The number of hydrogen-bond acceptors (Lipinski definition) is 3. The van der Waals surface area contributed by atoms with E-state index < -0.39 is 5.60 Å². The molecule has 21 heavy (non-hydrogen) atoms. The van der Waals surface area contributed by atoms with E-state index in [1.807, 2.05) is 20.8 Å². The molecule has 1 saturated carbocycles. The van der Waals surface area contributed by atoms with Crippen molar-refractivity contribution < 1.29 is 9.53 Å². The standard InChI is InChI=1S/C17H34N2O2/c1-8-13(11-18-15(20)21-16(3,4)5)19-14-10-17(6,7)9-12(14)2/h12-14,19H,8-11H2,1-7H3,(H,18,20). The van der Waals surface area contributed by atoms with E-state index in [1.165, 1.54) is 12.8 Å². The van der Waals surface area contributed by atoms with Crippen molar-refractivity contribution in [2.24, 2.45) is 11.3 Å². The highest BCUT2D eigenvalue weighted by atomic mass is 16.6. The molecule has 124 valence electrons. The largest absolute Gasteiger partial charge is 0.444 e. The van der Waals surface area contributed by atoms with Gasteiger partial charge >= 0.3 is 6.09 Å². The van der Waals surface area contributed by atoms with Gasteiger partial charge in [0.05, 0.1) is 0 Å². The highest BCUT2D eigenvalue weighted by molar-refractivity contribution is 5.67. The van der Waals surface area contributed by atoms with E-state index in [1.54, 1.807) is 0 Å². The number of carbonyl (C=O) groups is 1. The monoisotopic (exact) mass is 298 g/mol. The summed E-state index contributed by atoms with van der Waals surface area (Å²) in [5.74, 6) is 0.690. The maximum absolute atomic E-state index is 11.7. The summed E-state index contributed by atoms with van der Waals surface area (Å²) < 4.78 is 5.28. The molecule has 4 heteroatoms. The molecule has 0 saturated heterocycles. The smallest absolute Gasteiger partial charge is 0.407 e. The third-order valence-corrected chi connectivity index (χ3v) is 4.17. The summed E-state index contributed by atoms with van der Waals surface area (Å²) in [5.41, 5.74) is -0.0167. The number of amides is 1. The molecule has 0 aromatic rings. The first-order valence-electron chi connectivity index (χ1n) is 8.25. The van der Waals surface area contributed by atoms with Gasteiger partial charge in [0.1, 0.15) is 5.60 Å². The van der Waals surface area contributed by atoms with Crippen molar-refractivity contribution in [3.05, 3.63) is 0 Å². The number of rotatable bonds is 5. The molecule has 3 atom stereocenters. The number of carbonyl (C=O) groups excluding carboxylic acids is 1. The predicted octanol–water partition coefficient (Wildman–Crippen LogP) is 3.70. The Balaban J connectivity index is 2.40. The van der Waals surface area contributed by atoms with Gasteiger partial charge in [0, 0.05) is 18.6 Å². The fourth-order valence-electron chi connectivity index (χ4n) is 3.26. The van der Waals surface area contributed by atoms with Crippen molar-refractivity contribution in [1.82, 2.24) is 10.6 Å². The quantitative estimate of drug-likeness (QED) is 0.813. The van der Waals surface area contributed by atoms with Gasteiger partial charge in [-0.1, -0.05) is 27.7 Å². The molecule has 0 heterocycles. The van der Waals surface area contributed by atoms with Crippen LogP contribution in [0.15, 0.2) is 0 Å². The number of nitrogens with one attached hydrogen (secondary N) is 2. The van der Waals surface area contributed by atoms with Crippen LogP contribution in [0.2, 0.25) is 0 Å². The topological polar surface area (TPSA) is 50.4 Å². The molecule has 0 aromatic carbocycles. The van der Waals surface area contributed by atoms with Crippen molar-refractivity contribution in [3.8, 4) is 0 Å². The van der Waals surface area contributed by atoms with Crippen LogP contribution in [0.3, 0.4) is 0 Å². The van der Waals surface area contributed by atoms with E-state index in [9.17, 15) is 4.79 Å². The van der Waals surface area contributed by atoms with Crippen LogP contribution >= 0.6 is 0 Å². The van der Waals surface area contributed by atoms with Crippen LogP contribution in [0.5, 0.6) is 0 Å². The summed E-state index contributed by atoms with van der Waals surface area (Å²) in [6, 6.07) is 0.851. The van der Waals surface area contributed by atoms with Crippen molar-refractivity contribution in [2.75, 3.05) is 6.54 Å². The fraction of sp³-hybridized carbons (Fsp3) is 0.941. The van der Waals surface area contributed by atoms with Crippen LogP contribution in [0.1, 0.15) is 67.7 Å². The molecule has 1 amide bonds. The molecule has 0 spiro atoms. The number of ether oxygens (including phenoxy) is 1. The van der Waals surface area contributed by atoms with Crippen molar-refractivity contribution >= 4 is 6.09 Å². The molecule has 1 fully saturated rings. The van der Waals surface area contributed by atoms with Gasteiger partial charge in [-0.25, -0.2) is 4.79 Å². The van der Waals surface area contributed by atoms with E-state index in [4.69, 9.17) is 4.74 Å². The van der Waals surface area contributed by atoms with Crippen molar-refractivity contribution in [2.45, 2.75) is 85.4 Å². The van der Waals surface area contributed by atoms with Crippen LogP contribution in [0, 0.1) is 11.3 Å². The van der Waals surface area contributed by atoms with Crippen LogP contribution in [0.25, 0.3) is 0 Å². The lowest BCUT2D eigenvalue weighted by atomic mass is 9.91. The van der Waals surface area contributed by atoms with E-state index >= 15 is 0 Å². The lowest BCUT2D eigenvalue weighted by Gasteiger charge is -2.26. The average molecular weight is 298 g/mol. The maximum atomic E-state index is 11.7. The Hall–Kier alpha value is -0.770. The molecule has 1 rings (SSSR count). The van der Waals surface area contributed by atoms with Crippen LogP contribution < -0.4 is 10.6 Å². The van der Waals surface area contributed by atoms with Gasteiger partial charge in [-0.2, -0.15) is 0 Å². The van der Waals surface area contributed by atoms with Gasteiger partial charge in [-0.3, -0.25) is 0 Å². The predicted molar refractivity (Wildman–Crippen MR) is 87.4 cm³/mol. The van der Waals surface area contributed by atoms with Gasteiger partial charge in [0.15, 0.2) is 0 Å². The molecule has 3 unspecified atom stereocenters. The first-order valence-corrected chi connectivity index (χ1v) is 8.25. The Morgan fingerprint density at radius 3 is 2.38 bits per heavy atom. The molecule has 0 bridgehead atoms. The van der Waals surface area contributed by atoms with E-state index in [0.29, 0.717) is 30.0 Å². The molecule has 0 aliphatic heterocycles. The summed E-state index contributed by atoms with van der Waals surface area (Å²) in [7, 11) is 0. The molecular weight excluding hydrogens is 264 g/mol. The van der Waals surface area contributed by atoms with Crippen LogP contribution in [0.4, 0.5) is 4.79 Å². The molecule has 0 aromatic heterocycles. The minimum Gasteiger partial charge on any atom is -0.444 e. The Bertz CT molecular complexity index is 347. The molecule has 2 N–H and O–H groups in total. The summed E-state index contributed by atoms with van der Waals surface area (Å²) in [5, 5.41) is 6.60. The molecule has 1 aliphatic rings. The number of alkyl carbamates (subject to hydrolysis) is 1. The van der Waals surface area contributed by atoms with Crippen LogP contribution in [-0.4, -0.2) is 30.3 Å². The Kier molecular flexibility index (Phi) is 6.09. The highest BCUT2D eigenvalue weighted by Crippen LogP contribution is 2.41. The van der Waals surface area contributed by atoms with Gasteiger partial charge in [0.2, 0.25) is 0 Å². The molecular formula is C17H34N2O2. The zero-order valence-corrected chi connectivity index (χ0v) is 14.9. The van der Waals surface area contributed by atoms with E-state index in [0.717, 1.165) is 6.42 Å². The lowest BCUT2D eigenvalue weighted by Crippen LogP contribution is -2.47. The molecule has 0 radical (unpaired) electrons. The average Bonchev–Trinajstić information content (AvgIpc) is 2.55. The highest BCUT2D eigenvalue weighted by Gasteiger charge is 2.37.